The summed E-state index contributed by atoms with van der Waals surface area (Å²) in [6.45, 7) is 10.5. The minimum atomic E-state index is -0.432. The Bertz CT molecular complexity index is 470. The molecule has 1 aromatic heterocycles. The number of anilines is 1. The maximum Gasteiger partial charge on any atom is 0.412 e. The molecule has 21 heavy (non-hydrogen) atoms. The second kappa shape index (κ2) is 7.64. The summed E-state index contributed by atoms with van der Waals surface area (Å²) in [5.74, 6) is 0.401. The lowest BCUT2D eigenvalue weighted by Crippen LogP contribution is -2.48. The zero-order chi connectivity index (χ0) is 15.1. The molecule has 6 heteroatoms. The molecule has 1 aliphatic heterocycles. The standard InChI is InChI=1S/C15H22N4O2/c1-13(2)21-15(20)17-7-8-18-9-11-19(12-10-18)14-3-5-16-6-4-14/h3-6H,1,7-12H2,2H3,(H,17,20). The molecule has 1 N–H and O–H groups in total. The summed E-state index contributed by atoms with van der Waals surface area (Å²) < 4.78 is 4.84. The molecular formula is C15H22N4O2. The summed E-state index contributed by atoms with van der Waals surface area (Å²) in [7, 11) is 0. The first-order valence-electron chi connectivity index (χ1n) is 7.13. The van der Waals surface area contributed by atoms with Crippen molar-refractivity contribution in [3.8, 4) is 0 Å². The number of nitrogens with zero attached hydrogens (tertiary/aromatic N) is 3. The summed E-state index contributed by atoms with van der Waals surface area (Å²) in [5.41, 5.74) is 1.22. The Balaban J connectivity index is 1.65. The van der Waals surface area contributed by atoms with E-state index in [1.165, 1.54) is 5.69 Å². The Hall–Kier alpha value is -2.08. The van der Waals surface area contributed by atoms with Gasteiger partial charge in [0.1, 0.15) is 0 Å². The van der Waals surface area contributed by atoms with Crippen LogP contribution in [0.5, 0.6) is 0 Å². The second-order valence-corrected chi connectivity index (χ2v) is 5.05. The first kappa shape index (κ1) is 15.3. The smallest absolute Gasteiger partial charge is 0.412 e. The Kier molecular flexibility index (Phi) is 5.57. The maximum atomic E-state index is 11.3. The third-order valence-electron chi connectivity index (χ3n) is 3.36. The number of ether oxygens (including phenoxy) is 1. The van der Waals surface area contributed by atoms with Gasteiger partial charge in [-0.25, -0.2) is 4.79 Å². The van der Waals surface area contributed by atoms with Crippen molar-refractivity contribution in [2.45, 2.75) is 6.92 Å². The molecule has 0 saturated carbocycles. The van der Waals surface area contributed by atoms with Gasteiger partial charge in [-0.2, -0.15) is 0 Å². The highest BCUT2D eigenvalue weighted by Crippen LogP contribution is 2.14. The van der Waals surface area contributed by atoms with Crippen LogP contribution in [0.3, 0.4) is 0 Å². The van der Waals surface area contributed by atoms with E-state index in [2.05, 4.69) is 26.7 Å². The topological polar surface area (TPSA) is 57.7 Å². The van der Waals surface area contributed by atoms with Gasteiger partial charge in [-0.1, -0.05) is 6.58 Å². The highest BCUT2D eigenvalue weighted by atomic mass is 16.6. The highest BCUT2D eigenvalue weighted by Gasteiger charge is 2.16. The van der Waals surface area contributed by atoms with Crippen molar-refractivity contribution in [1.29, 1.82) is 0 Å². The van der Waals surface area contributed by atoms with E-state index in [1.807, 2.05) is 24.5 Å². The van der Waals surface area contributed by atoms with Crippen LogP contribution >= 0.6 is 0 Å². The normalized spacial score (nSPS) is 15.6. The van der Waals surface area contributed by atoms with Crippen LogP contribution in [0, 0.1) is 0 Å². The molecule has 0 bridgehead atoms. The van der Waals surface area contributed by atoms with Gasteiger partial charge in [0.15, 0.2) is 0 Å². The zero-order valence-corrected chi connectivity index (χ0v) is 12.4. The lowest BCUT2D eigenvalue weighted by molar-refractivity contribution is 0.173. The Morgan fingerprint density at radius 3 is 2.62 bits per heavy atom. The molecule has 0 atom stereocenters. The van der Waals surface area contributed by atoms with Crippen LogP contribution in [0.25, 0.3) is 0 Å². The van der Waals surface area contributed by atoms with E-state index >= 15 is 0 Å². The predicted molar refractivity (Wildman–Crippen MR) is 82.2 cm³/mol. The molecule has 1 saturated heterocycles. The van der Waals surface area contributed by atoms with Crippen LogP contribution < -0.4 is 10.2 Å². The number of amides is 1. The number of allylic oxidation sites excluding steroid dienone is 1. The number of piperazine rings is 1. The summed E-state index contributed by atoms with van der Waals surface area (Å²) in [4.78, 5) is 20.0. The number of hydrogen-bond acceptors (Lipinski definition) is 5. The minimum absolute atomic E-state index is 0.401. The molecule has 1 fully saturated rings. The maximum absolute atomic E-state index is 11.3. The van der Waals surface area contributed by atoms with E-state index in [9.17, 15) is 4.79 Å². The van der Waals surface area contributed by atoms with Gasteiger partial charge < -0.3 is 15.0 Å². The third-order valence-corrected chi connectivity index (χ3v) is 3.36. The summed E-state index contributed by atoms with van der Waals surface area (Å²) >= 11 is 0. The van der Waals surface area contributed by atoms with Gasteiger partial charge in [-0.3, -0.25) is 9.88 Å². The van der Waals surface area contributed by atoms with Crippen LogP contribution in [0.2, 0.25) is 0 Å². The van der Waals surface area contributed by atoms with Gasteiger partial charge in [-0.05, 0) is 19.1 Å². The first-order chi connectivity index (χ1) is 10.1. The van der Waals surface area contributed by atoms with Gasteiger partial charge in [0.05, 0.1) is 5.76 Å². The summed E-state index contributed by atoms with van der Waals surface area (Å²) in [5, 5.41) is 2.72. The predicted octanol–water partition coefficient (Wildman–Crippen LogP) is 1.46. The molecule has 0 aromatic carbocycles. The van der Waals surface area contributed by atoms with E-state index in [1.54, 1.807) is 6.92 Å². The largest absolute Gasteiger partial charge is 0.416 e. The monoisotopic (exact) mass is 290 g/mol. The molecule has 6 nitrogen and oxygen atoms in total. The van der Waals surface area contributed by atoms with E-state index in [0.717, 1.165) is 32.7 Å². The molecule has 2 rings (SSSR count). The van der Waals surface area contributed by atoms with Gasteiger partial charge in [-0.15, -0.1) is 0 Å². The number of pyridine rings is 1. The number of hydrogen-bond donors (Lipinski definition) is 1. The fourth-order valence-electron chi connectivity index (χ4n) is 2.29. The molecule has 114 valence electrons. The van der Waals surface area contributed by atoms with Crippen LogP contribution in [0.1, 0.15) is 6.92 Å². The van der Waals surface area contributed by atoms with Crippen molar-refractivity contribution in [2.75, 3.05) is 44.2 Å². The molecule has 2 heterocycles. The quantitative estimate of drug-likeness (QED) is 0.832. The highest BCUT2D eigenvalue weighted by molar-refractivity contribution is 5.68. The summed E-state index contributed by atoms with van der Waals surface area (Å²) in [6, 6.07) is 4.07. The number of nitrogens with one attached hydrogen (secondary N) is 1. The molecular weight excluding hydrogens is 268 g/mol. The van der Waals surface area contributed by atoms with Crippen LogP contribution in [0.15, 0.2) is 36.9 Å². The van der Waals surface area contributed by atoms with E-state index in [-0.39, 0.29) is 0 Å². The van der Waals surface area contributed by atoms with Crippen molar-refractivity contribution in [3.63, 3.8) is 0 Å². The molecule has 0 aliphatic carbocycles. The minimum Gasteiger partial charge on any atom is -0.416 e. The number of alkyl carbamates (subject to hydrolysis) is 1. The Morgan fingerprint density at radius 1 is 1.33 bits per heavy atom. The number of rotatable bonds is 5. The third kappa shape index (κ3) is 5.07. The average molecular weight is 290 g/mol. The molecule has 0 unspecified atom stereocenters. The lowest BCUT2D eigenvalue weighted by Gasteiger charge is -2.36. The van der Waals surface area contributed by atoms with Crippen LogP contribution in [-0.2, 0) is 4.74 Å². The molecule has 0 spiro atoms. The van der Waals surface area contributed by atoms with Crippen molar-refractivity contribution in [2.24, 2.45) is 0 Å². The fraction of sp³-hybridized carbons (Fsp3) is 0.467. The SMILES string of the molecule is C=C(C)OC(=O)NCCN1CCN(c2ccncc2)CC1. The Labute approximate surface area is 125 Å². The molecule has 0 radical (unpaired) electrons. The number of carbonyl (C=O) groups excluding carboxylic acids is 1. The van der Waals surface area contributed by atoms with Crippen molar-refractivity contribution in [1.82, 2.24) is 15.2 Å². The number of aromatic nitrogens is 1. The van der Waals surface area contributed by atoms with Gasteiger partial charge in [0, 0.05) is 57.3 Å². The van der Waals surface area contributed by atoms with Gasteiger partial charge in [0.25, 0.3) is 0 Å². The van der Waals surface area contributed by atoms with Crippen LogP contribution in [-0.4, -0.2) is 55.2 Å². The summed E-state index contributed by atoms with van der Waals surface area (Å²) in [6.07, 6.45) is 3.20. The van der Waals surface area contributed by atoms with Crippen molar-refractivity contribution in [3.05, 3.63) is 36.9 Å². The Morgan fingerprint density at radius 2 is 2.00 bits per heavy atom. The molecule has 1 aromatic rings. The fourth-order valence-corrected chi connectivity index (χ4v) is 2.29. The number of carbonyl (C=O) groups is 1. The average Bonchev–Trinajstić information content (AvgIpc) is 2.48. The second-order valence-electron chi connectivity index (χ2n) is 5.05. The van der Waals surface area contributed by atoms with E-state index < -0.39 is 6.09 Å². The molecule has 1 amide bonds. The van der Waals surface area contributed by atoms with E-state index in [4.69, 9.17) is 4.74 Å². The van der Waals surface area contributed by atoms with Gasteiger partial charge in [0.2, 0.25) is 0 Å². The zero-order valence-electron chi connectivity index (χ0n) is 12.4. The van der Waals surface area contributed by atoms with Crippen molar-refractivity contribution < 1.29 is 9.53 Å². The lowest BCUT2D eigenvalue weighted by atomic mass is 10.2. The van der Waals surface area contributed by atoms with Gasteiger partial charge >= 0.3 is 6.09 Å². The van der Waals surface area contributed by atoms with Crippen molar-refractivity contribution >= 4 is 11.8 Å². The van der Waals surface area contributed by atoms with Crippen LogP contribution in [0.4, 0.5) is 10.5 Å². The first-order valence-corrected chi connectivity index (χ1v) is 7.13. The molecule has 1 aliphatic rings. The van der Waals surface area contributed by atoms with E-state index in [0.29, 0.717) is 12.3 Å².